The van der Waals surface area contributed by atoms with Gasteiger partial charge in [0.15, 0.2) is 5.65 Å². The van der Waals surface area contributed by atoms with Gasteiger partial charge in [-0.15, -0.1) is 0 Å². The quantitative estimate of drug-likeness (QED) is 0.462. The minimum Gasteiger partial charge on any atom is -0.396 e. The number of carbonyl (C=O) groups is 1. The molecule has 2 radical (unpaired) electrons. The lowest BCUT2D eigenvalue weighted by Gasteiger charge is -2.36. The summed E-state index contributed by atoms with van der Waals surface area (Å²) in [5.41, 5.74) is 3.07. The number of amides is 1. The number of aromatic nitrogens is 3. The summed E-state index contributed by atoms with van der Waals surface area (Å²) in [6.45, 7) is 1.67. The van der Waals surface area contributed by atoms with Crippen molar-refractivity contribution in [1.29, 1.82) is 0 Å². The van der Waals surface area contributed by atoms with Crippen LogP contribution in [-0.4, -0.2) is 52.7 Å². The third-order valence-corrected chi connectivity index (χ3v) is 6.51. The lowest BCUT2D eigenvalue weighted by molar-refractivity contribution is -0.117. The number of piperidine rings is 1. The Labute approximate surface area is 194 Å². The van der Waals surface area contributed by atoms with Gasteiger partial charge in [0.1, 0.15) is 19.5 Å². The van der Waals surface area contributed by atoms with E-state index in [0.29, 0.717) is 17.7 Å². The monoisotopic (exact) mass is 444 g/mol. The first kappa shape index (κ1) is 21.8. The van der Waals surface area contributed by atoms with Crippen molar-refractivity contribution in [1.82, 2.24) is 14.6 Å². The van der Waals surface area contributed by atoms with Crippen molar-refractivity contribution >= 4 is 42.2 Å². The molecular weight excluding hydrogens is 415 g/mol. The van der Waals surface area contributed by atoms with E-state index >= 15 is 0 Å². The fraction of sp³-hybridized carbons (Fsp3) is 0.458. The molecule has 8 nitrogen and oxygen atoms in total. The molecule has 1 atom stereocenters. The van der Waals surface area contributed by atoms with Crippen LogP contribution < -0.4 is 21.0 Å². The number of hydrogen-bond donors (Lipinski definition) is 3. The first-order valence-electron chi connectivity index (χ1n) is 11.8. The Bertz CT molecular complexity index is 1130. The van der Waals surface area contributed by atoms with Crippen LogP contribution in [-0.2, 0) is 11.3 Å². The number of aliphatic hydroxyl groups excluding tert-OH is 1. The molecule has 1 saturated heterocycles. The molecule has 33 heavy (non-hydrogen) atoms. The maximum absolute atomic E-state index is 12.0. The number of benzene rings is 1. The maximum Gasteiger partial charge on any atom is 0.227 e. The van der Waals surface area contributed by atoms with Crippen molar-refractivity contribution in [3.8, 4) is 0 Å². The van der Waals surface area contributed by atoms with E-state index in [0.717, 1.165) is 61.5 Å². The van der Waals surface area contributed by atoms with Gasteiger partial charge in [-0.1, -0.05) is 12.1 Å². The number of carbonyl (C=O) groups excluding carboxylic acids is 1. The van der Waals surface area contributed by atoms with Crippen molar-refractivity contribution in [3.63, 3.8) is 0 Å². The summed E-state index contributed by atoms with van der Waals surface area (Å²) in [4.78, 5) is 19.0. The predicted molar refractivity (Wildman–Crippen MR) is 130 cm³/mol. The van der Waals surface area contributed by atoms with Crippen LogP contribution in [0.2, 0.25) is 0 Å². The van der Waals surface area contributed by atoms with E-state index in [4.69, 9.17) is 12.8 Å². The molecule has 1 saturated carbocycles. The lowest BCUT2D eigenvalue weighted by atomic mass is 9.99. The summed E-state index contributed by atoms with van der Waals surface area (Å²) in [6, 6.07) is 10.2. The molecule has 3 heterocycles. The number of hydrogen-bond acceptors (Lipinski definition) is 6. The summed E-state index contributed by atoms with van der Waals surface area (Å²) in [6.07, 6.45) is 7.66. The number of nitrogens with zero attached hydrogens (tertiary/aromatic N) is 4. The molecule has 0 spiro atoms. The molecule has 1 aliphatic heterocycles. The van der Waals surface area contributed by atoms with Gasteiger partial charge in [-0.2, -0.15) is 9.61 Å². The number of aliphatic hydroxyl groups is 1. The van der Waals surface area contributed by atoms with E-state index in [1.54, 1.807) is 10.7 Å². The minimum absolute atomic E-state index is 0.112. The van der Waals surface area contributed by atoms with Gasteiger partial charge < -0.3 is 20.6 Å². The molecule has 0 bridgehead atoms. The van der Waals surface area contributed by atoms with Gasteiger partial charge >= 0.3 is 0 Å². The van der Waals surface area contributed by atoms with Crippen molar-refractivity contribution in [3.05, 3.63) is 42.1 Å². The summed E-state index contributed by atoms with van der Waals surface area (Å²) >= 11 is 0. The molecule has 2 fully saturated rings. The van der Waals surface area contributed by atoms with Crippen LogP contribution in [0.15, 0.2) is 36.5 Å². The minimum atomic E-state index is 0.112. The predicted octanol–water partition coefficient (Wildman–Crippen LogP) is 2.23. The number of rotatable bonds is 8. The molecule has 170 valence electrons. The zero-order valence-corrected chi connectivity index (χ0v) is 18.7. The van der Waals surface area contributed by atoms with Gasteiger partial charge in [-0.05, 0) is 61.7 Å². The molecule has 9 heteroatoms. The van der Waals surface area contributed by atoms with E-state index in [1.165, 1.54) is 6.42 Å². The van der Waals surface area contributed by atoms with Gasteiger partial charge in [0, 0.05) is 49.6 Å². The zero-order valence-electron chi connectivity index (χ0n) is 18.7. The Morgan fingerprint density at radius 1 is 1.18 bits per heavy atom. The van der Waals surface area contributed by atoms with Gasteiger partial charge in [-0.3, -0.25) is 4.79 Å². The standard InChI is InChI=1S/C24H29BN6O2/c25-20-15-27-31-21(13-22(29-23(20)31)30-11-2-1-3-19(30)10-12-32)26-14-16-4-8-18(9-5-16)28-24(33)17-6-7-17/h4-5,8-9,13,15,17,19,26,32H,1-3,6-7,10-12,14H2,(H,28,33). The second kappa shape index (κ2) is 9.43. The highest BCUT2D eigenvalue weighted by molar-refractivity contribution is 6.36. The Balaban J connectivity index is 1.34. The van der Waals surface area contributed by atoms with E-state index in [-0.39, 0.29) is 24.5 Å². The van der Waals surface area contributed by atoms with Gasteiger partial charge in [-0.25, -0.2) is 4.98 Å². The van der Waals surface area contributed by atoms with Gasteiger partial charge in [0.25, 0.3) is 0 Å². The number of fused-ring (bicyclic) bond motifs is 1. The van der Waals surface area contributed by atoms with Gasteiger partial charge in [0.05, 0.1) is 0 Å². The molecule has 1 aliphatic carbocycles. The smallest absolute Gasteiger partial charge is 0.227 e. The topological polar surface area (TPSA) is 94.8 Å². The average molecular weight is 444 g/mol. The second-order valence-electron chi connectivity index (χ2n) is 9.00. The Morgan fingerprint density at radius 3 is 2.76 bits per heavy atom. The van der Waals surface area contributed by atoms with Crippen molar-refractivity contribution < 1.29 is 9.90 Å². The molecule has 1 amide bonds. The third-order valence-electron chi connectivity index (χ3n) is 6.51. The Morgan fingerprint density at radius 2 is 2.00 bits per heavy atom. The molecule has 3 aromatic rings. The first-order chi connectivity index (χ1) is 16.1. The summed E-state index contributed by atoms with van der Waals surface area (Å²) < 4.78 is 1.73. The molecule has 1 unspecified atom stereocenters. The normalized spacial score (nSPS) is 18.5. The number of anilines is 3. The van der Waals surface area contributed by atoms with Crippen LogP contribution in [0.3, 0.4) is 0 Å². The average Bonchev–Trinajstić information content (AvgIpc) is 3.62. The van der Waals surface area contributed by atoms with E-state index in [9.17, 15) is 9.90 Å². The summed E-state index contributed by atoms with van der Waals surface area (Å²) in [7, 11) is 6.16. The first-order valence-corrected chi connectivity index (χ1v) is 11.8. The molecule has 3 N–H and O–H groups in total. The fourth-order valence-corrected chi connectivity index (χ4v) is 4.48. The second-order valence-corrected chi connectivity index (χ2v) is 9.00. The zero-order chi connectivity index (χ0) is 22.8. The van der Waals surface area contributed by atoms with Crippen molar-refractivity contribution in [2.75, 3.05) is 28.7 Å². The SMILES string of the molecule is [B]c1cnn2c(NCc3ccc(NC(=O)C4CC4)cc3)cc(N3CCCCC3CCO)nc12. The summed E-state index contributed by atoms with van der Waals surface area (Å²) in [5.74, 6) is 1.97. The maximum atomic E-state index is 12.0. The van der Waals surface area contributed by atoms with Crippen LogP contribution in [0.5, 0.6) is 0 Å². The highest BCUT2D eigenvalue weighted by atomic mass is 16.3. The van der Waals surface area contributed by atoms with Crippen LogP contribution in [0.1, 0.15) is 44.1 Å². The highest BCUT2D eigenvalue weighted by Crippen LogP contribution is 2.30. The number of nitrogens with one attached hydrogen (secondary N) is 2. The molecule has 1 aromatic carbocycles. The van der Waals surface area contributed by atoms with Gasteiger partial charge in [0.2, 0.25) is 5.91 Å². The summed E-state index contributed by atoms with van der Waals surface area (Å²) in [5, 5.41) is 20.4. The molecular formula is C24H29BN6O2. The Hall–Kier alpha value is -3.07. The van der Waals surface area contributed by atoms with E-state index in [1.807, 2.05) is 30.3 Å². The van der Waals surface area contributed by atoms with Crippen LogP contribution in [0, 0.1) is 5.92 Å². The molecule has 2 aromatic heterocycles. The molecule has 2 aliphatic rings. The van der Waals surface area contributed by atoms with Crippen LogP contribution in [0.4, 0.5) is 17.3 Å². The third kappa shape index (κ3) is 4.83. The Kier molecular flexibility index (Phi) is 6.22. The van der Waals surface area contributed by atoms with E-state index in [2.05, 4.69) is 20.6 Å². The van der Waals surface area contributed by atoms with Crippen LogP contribution >= 0.6 is 0 Å². The molecule has 5 rings (SSSR count). The van der Waals surface area contributed by atoms with Crippen LogP contribution in [0.25, 0.3) is 5.65 Å². The lowest BCUT2D eigenvalue weighted by Crippen LogP contribution is -2.40. The fourth-order valence-electron chi connectivity index (χ4n) is 4.48. The van der Waals surface area contributed by atoms with Crippen molar-refractivity contribution in [2.45, 2.75) is 51.1 Å². The highest BCUT2D eigenvalue weighted by Gasteiger charge is 2.29. The largest absolute Gasteiger partial charge is 0.396 e. The van der Waals surface area contributed by atoms with E-state index < -0.39 is 0 Å². The van der Waals surface area contributed by atoms with Crippen molar-refractivity contribution in [2.24, 2.45) is 5.92 Å².